The molecule has 0 saturated heterocycles. The van der Waals surface area contributed by atoms with E-state index < -0.39 is 0 Å². The maximum absolute atomic E-state index is 5.44. The van der Waals surface area contributed by atoms with Crippen molar-refractivity contribution in [3.63, 3.8) is 0 Å². The van der Waals surface area contributed by atoms with Gasteiger partial charge in [-0.25, -0.2) is 0 Å². The molecule has 0 N–H and O–H groups in total. The molecule has 0 fully saturated rings. The van der Waals surface area contributed by atoms with E-state index in [9.17, 15) is 0 Å². The van der Waals surface area contributed by atoms with Crippen LogP contribution in [-0.4, -0.2) is 19.2 Å². The fourth-order valence-electron chi connectivity index (χ4n) is 1.33. The van der Waals surface area contributed by atoms with E-state index in [1.165, 1.54) is 11.1 Å². The van der Waals surface area contributed by atoms with Crippen molar-refractivity contribution in [2.75, 3.05) is 14.1 Å². The second-order valence-electron chi connectivity index (χ2n) is 3.35. The molecule has 0 amide bonds. The molecule has 0 unspecified atom stereocenters. The van der Waals surface area contributed by atoms with Crippen molar-refractivity contribution in [3.05, 3.63) is 41.7 Å². The molecule has 1 aliphatic rings. The number of allylic oxidation sites excluding steroid dienone is 2. The van der Waals surface area contributed by atoms with Gasteiger partial charge in [0.2, 0.25) is 0 Å². The minimum absolute atomic E-state index is 0.988. The van der Waals surface area contributed by atoms with Crippen LogP contribution in [-0.2, 0) is 4.84 Å². The highest BCUT2D eigenvalue weighted by Gasteiger charge is 2.25. The zero-order chi connectivity index (χ0) is 9.26. The molecular weight excluding hydrogens is 162 g/mol. The SMILES string of the molecule is CN(C)OC1=C(c2ccccc2)C1. The smallest absolute Gasteiger partial charge is 0.133 e. The van der Waals surface area contributed by atoms with E-state index in [2.05, 4.69) is 12.1 Å². The maximum Gasteiger partial charge on any atom is 0.133 e. The normalized spacial score (nSPS) is 15.0. The highest BCUT2D eigenvalue weighted by Crippen LogP contribution is 2.40. The van der Waals surface area contributed by atoms with Gasteiger partial charge in [0.15, 0.2) is 0 Å². The third-order valence-corrected chi connectivity index (χ3v) is 1.96. The minimum Gasteiger partial charge on any atom is -0.410 e. The monoisotopic (exact) mass is 175 g/mol. The van der Waals surface area contributed by atoms with Crippen molar-refractivity contribution in [3.8, 4) is 0 Å². The Morgan fingerprint density at radius 3 is 2.46 bits per heavy atom. The molecule has 13 heavy (non-hydrogen) atoms. The van der Waals surface area contributed by atoms with Crippen molar-refractivity contribution in [1.82, 2.24) is 5.06 Å². The molecule has 0 heterocycles. The number of hydrogen-bond acceptors (Lipinski definition) is 2. The molecule has 68 valence electrons. The van der Waals surface area contributed by atoms with Gasteiger partial charge in [0.1, 0.15) is 5.76 Å². The Balaban J connectivity index is 2.10. The van der Waals surface area contributed by atoms with E-state index in [0.29, 0.717) is 0 Å². The standard InChI is InChI=1S/C11H13NO/c1-12(2)13-11-8-10(11)9-6-4-3-5-7-9/h3-7H,8H2,1-2H3. The van der Waals surface area contributed by atoms with Gasteiger partial charge in [0.05, 0.1) is 0 Å². The van der Waals surface area contributed by atoms with Crippen molar-refractivity contribution >= 4 is 5.57 Å². The molecule has 1 aromatic carbocycles. The summed E-state index contributed by atoms with van der Waals surface area (Å²) >= 11 is 0. The quantitative estimate of drug-likeness (QED) is 0.653. The zero-order valence-corrected chi connectivity index (χ0v) is 7.95. The Labute approximate surface area is 78.4 Å². The van der Waals surface area contributed by atoms with Gasteiger partial charge in [-0.1, -0.05) is 30.3 Å². The number of hydroxylamine groups is 2. The second kappa shape index (κ2) is 3.23. The molecule has 2 heteroatoms. The Bertz CT molecular complexity index is 327. The maximum atomic E-state index is 5.44. The van der Waals surface area contributed by atoms with Crippen LogP contribution in [0.5, 0.6) is 0 Å². The van der Waals surface area contributed by atoms with E-state index >= 15 is 0 Å². The summed E-state index contributed by atoms with van der Waals surface area (Å²) in [4.78, 5) is 5.44. The van der Waals surface area contributed by atoms with Gasteiger partial charge in [-0.05, 0) is 5.56 Å². The third-order valence-electron chi connectivity index (χ3n) is 1.96. The summed E-state index contributed by atoms with van der Waals surface area (Å²) in [6, 6.07) is 10.4. The molecule has 0 radical (unpaired) electrons. The number of nitrogens with zero attached hydrogens (tertiary/aromatic N) is 1. The van der Waals surface area contributed by atoms with E-state index in [1.807, 2.05) is 32.3 Å². The highest BCUT2D eigenvalue weighted by molar-refractivity contribution is 5.80. The first kappa shape index (κ1) is 8.32. The van der Waals surface area contributed by atoms with Crippen LogP contribution >= 0.6 is 0 Å². The van der Waals surface area contributed by atoms with E-state index in [0.717, 1.165) is 12.2 Å². The summed E-state index contributed by atoms with van der Waals surface area (Å²) in [5.41, 5.74) is 2.61. The Morgan fingerprint density at radius 2 is 1.85 bits per heavy atom. The van der Waals surface area contributed by atoms with Crippen LogP contribution in [0.2, 0.25) is 0 Å². The van der Waals surface area contributed by atoms with Crippen LogP contribution in [0, 0.1) is 0 Å². The molecule has 1 aromatic rings. The zero-order valence-electron chi connectivity index (χ0n) is 7.95. The van der Waals surface area contributed by atoms with Crippen LogP contribution < -0.4 is 0 Å². The topological polar surface area (TPSA) is 12.5 Å². The Morgan fingerprint density at radius 1 is 1.15 bits per heavy atom. The molecule has 0 spiro atoms. The van der Waals surface area contributed by atoms with Crippen LogP contribution in [0.3, 0.4) is 0 Å². The van der Waals surface area contributed by atoms with Gasteiger partial charge in [-0.15, -0.1) is 0 Å². The predicted octanol–water partition coefficient (Wildman–Crippen LogP) is 2.29. The minimum atomic E-state index is 0.988. The first-order chi connectivity index (χ1) is 6.27. The van der Waals surface area contributed by atoms with Crippen LogP contribution in [0.4, 0.5) is 0 Å². The first-order valence-corrected chi connectivity index (χ1v) is 4.40. The summed E-state index contributed by atoms with van der Waals surface area (Å²) in [7, 11) is 3.79. The molecule has 0 atom stereocenters. The predicted molar refractivity (Wildman–Crippen MR) is 52.8 cm³/mol. The Kier molecular flexibility index (Phi) is 2.07. The first-order valence-electron chi connectivity index (χ1n) is 4.40. The lowest BCUT2D eigenvalue weighted by atomic mass is 10.2. The number of rotatable bonds is 3. The van der Waals surface area contributed by atoms with Crippen molar-refractivity contribution in [2.45, 2.75) is 6.42 Å². The third kappa shape index (κ3) is 1.90. The molecular formula is C11H13NO. The lowest BCUT2D eigenvalue weighted by molar-refractivity contribution is -0.0660. The van der Waals surface area contributed by atoms with E-state index in [-0.39, 0.29) is 0 Å². The highest BCUT2D eigenvalue weighted by atomic mass is 16.7. The Hall–Kier alpha value is -1.28. The fourth-order valence-corrected chi connectivity index (χ4v) is 1.33. The number of hydrogen-bond donors (Lipinski definition) is 0. The van der Waals surface area contributed by atoms with Gasteiger partial charge in [0, 0.05) is 26.1 Å². The number of benzene rings is 1. The summed E-state index contributed by atoms with van der Waals surface area (Å²) in [6.45, 7) is 0. The molecule has 0 bridgehead atoms. The summed E-state index contributed by atoms with van der Waals surface area (Å²) in [6.07, 6.45) is 0.988. The average molecular weight is 175 g/mol. The molecule has 1 aliphatic carbocycles. The van der Waals surface area contributed by atoms with Gasteiger partial charge in [0.25, 0.3) is 0 Å². The largest absolute Gasteiger partial charge is 0.410 e. The summed E-state index contributed by atoms with van der Waals surface area (Å²) in [5.74, 6) is 1.09. The molecule has 2 nitrogen and oxygen atoms in total. The second-order valence-corrected chi connectivity index (χ2v) is 3.35. The van der Waals surface area contributed by atoms with Crippen molar-refractivity contribution in [2.24, 2.45) is 0 Å². The average Bonchev–Trinajstić information content (AvgIpc) is 2.84. The van der Waals surface area contributed by atoms with E-state index in [1.54, 1.807) is 5.06 Å². The lowest BCUT2D eigenvalue weighted by Gasteiger charge is -2.06. The van der Waals surface area contributed by atoms with Crippen molar-refractivity contribution in [1.29, 1.82) is 0 Å². The van der Waals surface area contributed by atoms with E-state index in [4.69, 9.17) is 4.84 Å². The summed E-state index contributed by atoms with van der Waals surface area (Å²) in [5, 5.41) is 1.73. The van der Waals surface area contributed by atoms with Gasteiger partial charge >= 0.3 is 0 Å². The lowest BCUT2D eigenvalue weighted by Crippen LogP contribution is -2.08. The van der Waals surface area contributed by atoms with Gasteiger partial charge in [-0.2, -0.15) is 5.06 Å². The fraction of sp³-hybridized carbons (Fsp3) is 0.273. The van der Waals surface area contributed by atoms with Gasteiger partial charge < -0.3 is 4.84 Å². The molecule has 0 saturated carbocycles. The van der Waals surface area contributed by atoms with Crippen LogP contribution in [0.15, 0.2) is 36.1 Å². The van der Waals surface area contributed by atoms with Crippen LogP contribution in [0.25, 0.3) is 5.57 Å². The summed E-state index contributed by atoms with van der Waals surface area (Å²) < 4.78 is 0. The van der Waals surface area contributed by atoms with Crippen LogP contribution in [0.1, 0.15) is 12.0 Å². The van der Waals surface area contributed by atoms with Crippen molar-refractivity contribution < 1.29 is 4.84 Å². The van der Waals surface area contributed by atoms with Gasteiger partial charge in [-0.3, -0.25) is 0 Å². The molecule has 0 aliphatic heterocycles. The molecule has 0 aromatic heterocycles. The molecule has 2 rings (SSSR count).